The summed E-state index contributed by atoms with van der Waals surface area (Å²) in [6, 6.07) is 70.3. The first-order valence-electron chi connectivity index (χ1n) is 20.6. The normalized spacial score (nSPS) is 13.1. The molecule has 59 heavy (non-hydrogen) atoms. The molecule has 0 spiro atoms. The van der Waals surface area contributed by atoms with Gasteiger partial charge in [-0.2, -0.15) is 0 Å². The van der Waals surface area contributed by atoms with E-state index in [1.54, 1.807) is 0 Å². The van der Waals surface area contributed by atoms with Crippen molar-refractivity contribution in [2.24, 2.45) is 0 Å². The summed E-state index contributed by atoms with van der Waals surface area (Å²) in [5.74, 6) is 0. The molecular formula is C59H42. The number of allylic oxidation sites excluding steroid dienone is 2. The third-order valence-electron chi connectivity index (χ3n) is 12.7. The van der Waals surface area contributed by atoms with Gasteiger partial charge in [-0.05, 0) is 164 Å². The fraction of sp³-hybridized carbons (Fsp3) is 0.0508. The molecule has 1 aliphatic carbocycles. The molecule has 10 aromatic carbocycles. The van der Waals surface area contributed by atoms with Gasteiger partial charge < -0.3 is 0 Å². The summed E-state index contributed by atoms with van der Waals surface area (Å²) in [4.78, 5) is 0. The summed E-state index contributed by atoms with van der Waals surface area (Å²) >= 11 is 0. The summed E-state index contributed by atoms with van der Waals surface area (Å²) in [6.07, 6.45) is 5.95. The van der Waals surface area contributed by atoms with Gasteiger partial charge in [0.1, 0.15) is 0 Å². The minimum Gasteiger partial charge on any atom is -0.0991 e. The fourth-order valence-electron chi connectivity index (χ4n) is 9.70. The molecule has 0 heteroatoms. The number of fused-ring (bicyclic) bond motifs is 9. The van der Waals surface area contributed by atoms with E-state index in [0.29, 0.717) is 0 Å². The Hall–Kier alpha value is -7.28. The van der Waals surface area contributed by atoms with Crippen LogP contribution in [0, 0.1) is 0 Å². The van der Waals surface area contributed by atoms with E-state index >= 15 is 0 Å². The Kier molecular flexibility index (Phi) is 8.10. The quantitative estimate of drug-likeness (QED) is 0.117. The maximum Gasteiger partial charge on any atom is 0.0159 e. The molecular weight excluding hydrogens is 709 g/mol. The van der Waals surface area contributed by atoms with Crippen LogP contribution in [0.4, 0.5) is 0 Å². The molecule has 1 aliphatic rings. The molecule has 0 saturated heterocycles. The maximum absolute atomic E-state index is 3.90. The van der Waals surface area contributed by atoms with Gasteiger partial charge in [-0.3, -0.25) is 0 Å². The fourth-order valence-corrected chi connectivity index (χ4v) is 9.70. The molecule has 0 bridgehead atoms. The minimum atomic E-state index is -0.170. The highest BCUT2D eigenvalue weighted by Crippen LogP contribution is 2.51. The molecule has 0 saturated carbocycles. The lowest BCUT2D eigenvalue weighted by Gasteiger charge is -2.23. The van der Waals surface area contributed by atoms with Crippen molar-refractivity contribution in [1.82, 2.24) is 0 Å². The average Bonchev–Trinajstić information content (AvgIpc) is 3.52. The Morgan fingerprint density at radius 3 is 1.68 bits per heavy atom. The van der Waals surface area contributed by atoms with Crippen molar-refractivity contribution in [3.63, 3.8) is 0 Å². The molecule has 10 aromatic rings. The minimum absolute atomic E-state index is 0.170. The van der Waals surface area contributed by atoms with Gasteiger partial charge in [0.05, 0.1) is 0 Å². The van der Waals surface area contributed by atoms with Crippen LogP contribution in [0.15, 0.2) is 207 Å². The van der Waals surface area contributed by atoms with Crippen molar-refractivity contribution < 1.29 is 0 Å². The predicted octanol–water partition coefficient (Wildman–Crippen LogP) is 16.5. The van der Waals surface area contributed by atoms with Crippen molar-refractivity contribution in [3.8, 4) is 55.6 Å². The van der Waals surface area contributed by atoms with E-state index in [9.17, 15) is 0 Å². The van der Waals surface area contributed by atoms with E-state index in [2.05, 4.69) is 215 Å². The first-order chi connectivity index (χ1) is 28.9. The lowest BCUT2D eigenvalue weighted by atomic mass is 9.80. The lowest BCUT2D eigenvalue weighted by molar-refractivity contribution is 0.661. The van der Waals surface area contributed by atoms with Gasteiger partial charge in [0, 0.05) is 5.41 Å². The summed E-state index contributed by atoms with van der Waals surface area (Å²) in [7, 11) is 0. The maximum atomic E-state index is 3.90. The molecule has 0 amide bonds. The highest BCUT2D eigenvalue weighted by Gasteiger charge is 2.36. The third-order valence-corrected chi connectivity index (χ3v) is 12.7. The summed E-state index contributed by atoms with van der Waals surface area (Å²) in [5.41, 5.74) is 16.1. The van der Waals surface area contributed by atoms with Gasteiger partial charge in [-0.25, -0.2) is 0 Å². The Bertz CT molecular complexity index is 3370. The van der Waals surface area contributed by atoms with Gasteiger partial charge >= 0.3 is 0 Å². The smallest absolute Gasteiger partial charge is 0.0159 e. The van der Waals surface area contributed by atoms with Crippen LogP contribution >= 0.6 is 0 Å². The van der Waals surface area contributed by atoms with Crippen molar-refractivity contribution in [1.29, 1.82) is 0 Å². The van der Waals surface area contributed by atoms with Crippen molar-refractivity contribution >= 4 is 49.2 Å². The lowest BCUT2D eigenvalue weighted by Crippen LogP contribution is -2.15. The highest BCUT2D eigenvalue weighted by atomic mass is 14.4. The number of hydrogen-bond donors (Lipinski definition) is 0. The molecule has 11 rings (SSSR count). The molecule has 0 aromatic heterocycles. The number of benzene rings is 10. The van der Waals surface area contributed by atoms with Crippen molar-refractivity contribution in [2.75, 3.05) is 0 Å². The molecule has 0 fully saturated rings. The molecule has 0 unspecified atom stereocenters. The molecule has 0 aliphatic heterocycles. The largest absolute Gasteiger partial charge is 0.0991 e. The van der Waals surface area contributed by atoms with E-state index in [1.165, 1.54) is 110 Å². The Morgan fingerprint density at radius 2 is 0.932 bits per heavy atom. The first kappa shape index (κ1) is 34.9. The van der Waals surface area contributed by atoms with Crippen LogP contribution in [0.5, 0.6) is 0 Å². The zero-order chi connectivity index (χ0) is 39.7. The van der Waals surface area contributed by atoms with Gasteiger partial charge in [0.2, 0.25) is 0 Å². The molecule has 0 N–H and O–H groups in total. The van der Waals surface area contributed by atoms with Crippen LogP contribution in [-0.4, -0.2) is 0 Å². The molecule has 0 radical (unpaired) electrons. The molecule has 0 nitrogen and oxygen atoms in total. The van der Waals surface area contributed by atoms with Crippen LogP contribution in [-0.2, 0) is 5.41 Å². The van der Waals surface area contributed by atoms with Crippen LogP contribution in [0.25, 0.3) is 105 Å². The van der Waals surface area contributed by atoms with Gasteiger partial charge in [-0.1, -0.05) is 178 Å². The van der Waals surface area contributed by atoms with E-state index in [0.717, 1.165) is 5.56 Å². The van der Waals surface area contributed by atoms with Crippen LogP contribution in [0.1, 0.15) is 30.5 Å². The zero-order valence-corrected chi connectivity index (χ0v) is 33.3. The molecule has 0 heterocycles. The second-order valence-corrected chi connectivity index (χ2v) is 16.6. The van der Waals surface area contributed by atoms with E-state index in [1.807, 2.05) is 12.2 Å². The number of rotatable bonds is 6. The van der Waals surface area contributed by atoms with Crippen molar-refractivity contribution in [3.05, 3.63) is 223 Å². The monoisotopic (exact) mass is 750 g/mol. The standard InChI is InChI=1S/C59H42/c1-4-5-13-38-14-12-18-41(30-38)47-32-48(34-49(33-47)55-35-46-25-23-40-16-8-9-19-50(40)58(46)54-21-11-10-20-51(54)55)45-27-29-53-52-28-26-44(36-56(52)59(2,3)57(53)37-45)43-24-22-39-15-6-7-17-42(39)31-43/h4-37H,1H2,2-3H3/b13-5-. The average molecular weight is 751 g/mol. The van der Waals surface area contributed by atoms with Gasteiger partial charge in [0.25, 0.3) is 0 Å². The second-order valence-electron chi connectivity index (χ2n) is 16.6. The molecule has 278 valence electrons. The topological polar surface area (TPSA) is 0 Å². The van der Waals surface area contributed by atoms with E-state index in [4.69, 9.17) is 0 Å². The van der Waals surface area contributed by atoms with Gasteiger partial charge in [0.15, 0.2) is 0 Å². The SMILES string of the molecule is C=C/C=C\c1cccc(-c2cc(-c3ccc4c(c3)C(C)(C)c3cc(-c5ccc6ccccc6c5)ccc3-4)cc(-c3cc4ccc5ccccc5c4c4ccccc34)c2)c1. The van der Waals surface area contributed by atoms with Crippen LogP contribution in [0.2, 0.25) is 0 Å². The first-order valence-corrected chi connectivity index (χ1v) is 20.6. The second kappa shape index (κ2) is 13.7. The molecule has 0 atom stereocenters. The summed E-state index contributed by atoms with van der Waals surface area (Å²) < 4.78 is 0. The highest BCUT2D eigenvalue weighted by molar-refractivity contribution is 6.23. The van der Waals surface area contributed by atoms with Gasteiger partial charge in [-0.15, -0.1) is 0 Å². The van der Waals surface area contributed by atoms with Crippen molar-refractivity contribution in [2.45, 2.75) is 19.3 Å². The van der Waals surface area contributed by atoms with Crippen LogP contribution < -0.4 is 0 Å². The van der Waals surface area contributed by atoms with E-state index < -0.39 is 0 Å². The number of hydrogen-bond acceptors (Lipinski definition) is 0. The predicted molar refractivity (Wildman–Crippen MR) is 255 cm³/mol. The van der Waals surface area contributed by atoms with E-state index in [-0.39, 0.29) is 5.41 Å². The Morgan fingerprint density at radius 1 is 0.373 bits per heavy atom. The zero-order valence-electron chi connectivity index (χ0n) is 33.3. The summed E-state index contributed by atoms with van der Waals surface area (Å²) in [6.45, 7) is 8.68. The Balaban J connectivity index is 1.08. The third kappa shape index (κ3) is 5.83. The summed E-state index contributed by atoms with van der Waals surface area (Å²) in [5, 5.41) is 10.2. The Labute approximate surface area is 346 Å². The van der Waals surface area contributed by atoms with Crippen LogP contribution in [0.3, 0.4) is 0 Å².